The van der Waals surface area contributed by atoms with E-state index in [2.05, 4.69) is 9.39 Å². The van der Waals surface area contributed by atoms with Gasteiger partial charge in [-0.2, -0.15) is 8.42 Å². The van der Waals surface area contributed by atoms with E-state index >= 15 is 0 Å². The van der Waals surface area contributed by atoms with Gasteiger partial charge in [-0.25, -0.2) is 4.99 Å². The number of nitrogens with zero attached hydrogens (tertiary/aromatic N) is 2. The van der Waals surface area contributed by atoms with Crippen LogP contribution in [-0.4, -0.2) is 25.7 Å². The average Bonchev–Trinajstić information content (AvgIpc) is 2.42. The number of allylic oxidation sites excluding steroid dienone is 4. The highest BCUT2D eigenvalue weighted by atomic mass is 32.2. The Bertz CT molecular complexity index is 785. The minimum atomic E-state index is -3.77. The van der Waals surface area contributed by atoms with Crippen LogP contribution in [0.4, 0.5) is 0 Å². The zero-order valence-electron chi connectivity index (χ0n) is 11.6. The monoisotopic (exact) mass is 302 g/mol. The third-order valence-electron chi connectivity index (χ3n) is 2.74. The van der Waals surface area contributed by atoms with Crippen LogP contribution in [0.1, 0.15) is 13.8 Å². The van der Waals surface area contributed by atoms with Gasteiger partial charge in [0.1, 0.15) is 5.84 Å². The molecule has 0 fully saturated rings. The van der Waals surface area contributed by atoms with Gasteiger partial charge in [0.15, 0.2) is 5.78 Å². The fourth-order valence-electron chi connectivity index (χ4n) is 1.77. The molecule has 0 heterocycles. The maximum absolute atomic E-state index is 12.1. The number of carbonyl (C=O) groups is 1. The van der Waals surface area contributed by atoms with Crippen LogP contribution in [-0.2, 0) is 14.8 Å². The molecule has 0 unspecified atom stereocenters. The first kappa shape index (κ1) is 15.1. The number of hydrogen-bond donors (Lipinski definition) is 0. The van der Waals surface area contributed by atoms with Crippen LogP contribution in [0, 0.1) is 0 Å². The molecule has 0 saturated heterocycles. The van der Waals surface area contributed by atoms with E-state index in [0.29, 0.717) is 11.3 Å². The lowest BCUT2D eigenvalue weighted by Gasteiger charge is -2.05. The summed E-state index contributed by atoms with van der Waals surface area (Å²) in [5.41, 5.74) is 1.20. The topological polar surface area (TPSA) is 75.9 Å². The molecule has 0 atom stereocenters. The predicted octanol–water partition coefficient (Wildman–Crippen LogP) is 2.32. The van der Waals surface area contributed by atoms with Gasteiger partial charge in [-0.05, 0) is 49.8 Å². The third-order valence-corrected chi connectivity index (χ3v) is 4.12. The summed E-state index contributed by atoms with van der Waals surface area (Å²) in [6.45, 7) is 3.24. The molecule has 0 N–H and O–H groups in total. The number of carbonyl (C=O) groups excluding carboxylic acids is 1. The largest absolute Gasteiger partial charge is 0.290 e. The molecule has 0 aliphatic heterocycles. The summed E-state index contributed by atoms with van der Waals surface area (Å²) in [4.78, 5) is 15.4. The first-order valence-corrected chi connectivity index (χ1v) is 7.68. The quantitative estimate of drug-likeness (QED) is 0.478. The zero-order chi connectivity index (χ0) is 15.5. The van der Waals surface area contributed by atoms with E-state index in [4.69, 9.17) is 0 Å². The van der Waals surface area contributed by atoms with Crippen molar-refractivity contribution in [3.05, 3.63) is 54.1 Å². The minimum Gasteiger partial charge on any atom is -0.290 e. The van der Waals surface area contributed by atoms with E-state index in [1.165, 1.54) is 31.2 Å². The van der Waals surface area contributed by atoms with E-state index in [1.807, 2.05) is 0 Å². The molecule has 0 aromatic heterocycles. The Morgan fingerprint density at radius 2 is 1.76 bits per heavy atom. The summed E-state index contributed by atoms with van der Waals surface area (Å²) in [7, 11) is -3.77. The molecular formula is C15H14N2O3S. The Kier molecular flexibility index (Phi) is 4.28. The molecule has 1 aliphatic carbocycles. The molecular weight excluding hydrogens is 288 g/mol. The summed E-state index contributed by atoms with van der Waals surface area (Å²) in [6, 6.07) is 7.94. The van der Waals surface area contributed by atoms with Gasteiger partial charge < -0.3 is 0 Å². The van der Waals surface area contributed by atoms with Crippen LogP contribution < -0.4 is 0 Å². The molecule has 1 aliphatic rings. The van der Waals surface area contributed by atoms with Crippen LogP contribution in [0.5, 0.6) is 0 Å². The second kappa shape index (κ2) is 5.97. The lowest BCUT2D eigenvalue weighted by Crippen LogP contribution is -2.08. The van der Waals surface area contributed by atoms with Crippen LogP contribution in [0.3, 0.4) is 0 Å². The van der Waals surface area contributed by atoms with E-state index in [0.717, 1.165) is 0 Å². The Hall–Kier alpha value is -2.34. The number of rotatable bonds is 2. The molecule has 108 valence electrons. The summed E-state index contributed by atoms with van der Waals surface area (Å²) in [6.07, 6.45) is 4.37. The van der Waals surface area contributed by atoms with Crippen molar-refractivity contribution in [3.63, 3.8) is 0 Å². The molecule has 5 nitrogen and oxygen atoms in total. The summed E-state index contributed by atoms with van der Waals surface area (Å²) >= 11 is 0. The first-order valence-electron chi connectivity index (χ1n) is 6.24. The maximum atomic E-state index is 12.1. The number of ketones is 1. The third kappa shape index (κ3) is 3.82. The average molecular weight is 302 g/mol. The van der Waals surface area contributed by atoms with Gasteiger partial charge >= 0.3 is 0 Å². The highest BCUT2D eigenvalue weighted by Crippen LogP contribution is 2.12. The number of amidine groups is 1. The fraction of sp³-hybridized carbons (Fsp3) is 0.133. The van der Waals surface area contributed by atoms with Gasteiger partial charge in [-0.15, -0.1) is 4.40 Å². The predicted molar refractivity (Wildman–Crippen MR) is 82.1 cm³/mol. The molecule has 0 spiro atoms. The minimum absolute atomic E-state index is 0.112. The molecule has 0 bridgehead atoms. The molecule has 1 aromatic carbocycles. The lowest BCUT2D eigenvalue weighted by atomic mass is 10.0. The van der Waals surface area contributed by atoms with E-state index in [-0.39, 0.29) is 16.5 Å². The molecule has 0 radical (unpaired) electrons. The van der Waals surface area contributed by atoms with Crippen molar-refractivity contribution < 1.29 is 13.2 Å². The van der Waals surface area contributed by atoms with Crippen molar-refractivity contribution in [2.75, 3.05) is 0 Å². The van der Waals surface area contributed by atoms with Crippen LogP contribution in [0.2, 0.25) is 0 Å². The summed E-state index contributed by atoms with van der Waals surface area (Å²) in [5, 5.41) is 0. The number of benzene rings is 1. The molecule has 6 heteroatoms. The lowest BCUT2D eigenvalue weighted by molar-refractivity contribution is -0.110. The maximum Gasteiger partial charge on any atom is 0.283 e. The fourth-order valence-corrected chi connectivity index (χ4v) is 2.76. The van der Waals surface area contributed by atoms with E-state index in [9.17, 15) is 13.2 Å². The van der Waals surface area contributed by atoms with Crippen molar-refractivity contribution in [1.29, 1.82) is 0 Å². The Morgan fingerprint density at radius 3 is 2.38 bits per heavy atom. The van der Waals surface area contributed by atoms with Gasteiger partial charge in [-0.1, -0.05) is 18.2 Å². The van der Waals surface area contributed by atoms with Gasteiger partial charge in [0.05, 0.1) is 10.6 Å². The number of hydrogen-bond acceptors (Lipinski definition) is 3. The van der Waals surface area contributed by atoms with Crippen molar-refractivity contribution in [2.24, 2.45) is 9.39 Å². The van der Waals surface area contributed by atoms with Crippen molar-refractivity contribution in [3.8, 4) is 0 Å². The Labute approximate surface area is 123 Å². The van der Waals surface area contributed by atoms with Crippen LogP contribution in [0.15, 0.2) is 68.4 Å². The van der Waals surface area contributed by atoms with Crippen LogP contribution >= 0.6 is 0 Å². The first-order chi connectivity index (χ1) is 9.88. The molecule has 2 rings (SSSR count). The van der Waals surface area contributed by atoms with E-state index in [1.54, 1.807) is 31.2 Å². The summed E-state index contributed by atoms with van der Waals surface area (Å²) in [5.74, 6) is -0.00134. The van der Waals surface area contributed by atoms with Gasteiger partial charge in [0.2, 0.25) is 0 Å². The molecule has 21 heavy (non-hydrogen) atoms. The zero-order valence-corrected chi connectivity index (χ0v) is 12.5. The SMILES string of the molecule is CC1=CC(=O)C=CC1=N/C(C)=N\S(=O)(=O)c1ccccc1. The normalized spacial score (nSPS) is 18.0. The van der Waals surface area contributed by atoms with Gasteiger partial charge in [0, 0.05) is 0 Å². The highest BCUT2D eigenvalue weighted by Gasteiger charge is 2.13. The van der Waals surface area contributed by atoms with Crippen molar-refractivity contribution in [2.45, 2.75) is 18.7 Å². The molecule has 0 amide bonds. The van der Waals surface area contributed by atoms with Crippen molar-refractivity contribution in [1.82, 2.24) is 0 Å². The van der Waals surface area contributed by atoms with Gasteiger partial charge in [-0.3, -0.25) is 4.79 Å². The molecule has 1 aromatic rings. The standard InChI is InChI=1S/C15H14N2O3S/c1-11-10-13(18)8-9-15(11)16-12(2)17-21(19,20)14-6-4-3-5-7-14/h3-10H,1-2H3/b16-15?,17-12-. The smallest absolute Gasteiger partial charge is 0.283 e. The second-order valence-electron chi connectivity index (χ2n) is 4.49. The number of sulfonamides is 1. The van der Waals surface area contributed by atoms with Crippen LogP contribution in [0.25, 0.3) is 0 Å². The Morgan fingerprint density at radius 1 is 1.10 bits per heavy atom. The van der Waals surface area contributed by atoms with E-state index < -0.39 is 10.0 Å². The van der Waals surface area contributed by atoms with Gasteiger partial charge in [0.25, 0.3) is 10.0 Å². The van der Waals surface area contributed by atoms with Crippen molar-refractivity contribution >= 4 is 27.4 Å². The summed E-state index contributed by atoms with van der Waals surface area (Å²) < 4.78 is 27.8. The molecule has 0 saturated carbocycles. The number of aliphatic imine (C=N–C) groups is 1. The Balaban J connectivity index is 2.33. The second-order valence-corrected chi connectivity index (χ2v) is 6.09. The highest BCUT2D eigenvalue weighted by molar-refractivity contribution is 7.90.